The van der Waals surface area contributed by atoms with Crippen molar-refractivity contribution in [3.63, 3.8) is 0 Å². The monoisotopic (exact) mass is 396 g/mol. The molecule has 1 aromatic heterocycles. The van der Waals surface area contributed by atoms with E-state index in [4.69, 9.17) is 31.2 Å². The van der Waals surface area contributed by atoms with Crippen LogP contribution in [-0.4, -0.2) is 30.8 Å². The third-order valence-electron chi connectivity index (χ3n) is 4.57. The first kappa shape index (κ1) is 18.3. The molecule has 0 spiro atoms. The van der Waals surface area contributed by atoms with E-state index in [1.54, 1.807) is 14.2 Å². The zero-order valence-corrected chi connectivity index (χ0v) is 16.7. The van der Waals surface area contributed by atoms with Crippen LogP contribution >= 0.6 is 12.2 Å². The molecule has 0 aliphatic carbocycles. The lowest BCUT2D eigenvalue weighted by Crippen LogP contribution is -2.09. The van der Waals surface area contributed by atoms with Gasteiger partial charge in [-0.3, -0.25) is 0 Å². The summed E-state index contributed by atoms with van der Waals surface area (Å²) in [7, 11) is 3.19. The summed E-state index contributed by atoms with van der Waals surface area (Å²) in [6.45, 7) is 2.51. The van der Waals surface area contributed by atoms with E-state index in [0.29, 0.717) is 52.4 Å². The first-order chi connectivity index (χ1) is 13.7. The van der Waals surface area contributed by atoms with Crippen LogP contribution < -0.4 is 18.9 Å². The average molecular weight is 396 g/mol. The quantitative estimate of drug-likeness (QED) is 0.483. The van der Waals surface area contributed by atoms with Crippen LogP contribution in [0.1, 0.15) is 18.1 Å². The number of rotatable bonds is 5. The highest BCUT2D eigenvalue weighted by Crippen LogP contribution is 2.43. The summed E-state index contributed by atoms with van der Waals surface area (Å²) in [6.07, 6.45) is 0.628. The molecule has 0 amide bonds. The van der Waals surface area contributed by atoms with Crippen molar-refractivity contribution in [2.24, 2.45) is 0 Å². The molecule has 2 aromatic carbocycles. The largest absolute Gasteiger partial charge is 0.493 e. The number of aromatic amines is 1. The molecule has 0 saturated carbocycles. The summed E-state index contributed by atoms with van der Waals surface area (Å²) in [5.74, 6) is 3.73. The van der Waals surface area contributed by atoms with Crippen molar-refractivity contribution in [1.29, 1.82) is 0 Å². The zero-order chi connectivity index (χ0) is 19.7. The van der Waals surface area contributed by atoms with Crippen LogP contribution in [0.3, 0.4) is 0 Å². The summed E-state index contributed by atoms with van der Waals surface area (Å²) in [5, 5.41) is 0. The number of ether oxygens (including phenoxy) is 4. The van der Waals surface area contributed by atoms with Gasteiger partial charge in [-0.2, -0.15) is 0 Å². The highest BCUT2D eigenvalue weighted by molar-refractivity contribution is 7.71. The Balaban J connectivity index is 1.83. The van der Waals surface area contributed by atoms with Gasteiger partial charge >= 0.3 is 0 Å². The van der Waals surface area contributed by atoms with Crippen molar-refractivity contribution in [1.82, 2.24) is 9.97 Å². The number of methoxy groups -OCH3 is 2. The molecule has 2 heterocycles. The summed E-state index contributed by atoms with van der Waals surface area (Å²) in [6, 6.07) is 11.5. The predicted molar refractivity (Wildman–Crippen MR) is 108 cm³/mol. The van der Waals surface area contributed by atoms with Gasteiger partial charge in [0.1, 0.15) is 10.5 Å². The van der Waals surface area contributed by atoms with Crippen molar-refractivity contribution in [2.45, 2.75) is 13.3 Å². The van der Waals surface area contributed by atoms with Crippen molar-refractivity contribution >= 4 is 12.2 Å². The molecule has 0 radical (unpaired) electrons. The Morgan fingerprint density at radius 2 is 1.89 bits per heavy atom. The van der Waals surface area contributed by atoms with E-state index in [9.17, 15) is 0 Å². The molecule has 0 fully saturated rings. The lowest BCUT2D eigenvalue weighted by atomic mass is 10.0. The number of hydrogen-bond donors (Lipinski definition) is 1. The van der Waals surface area contributed by atoms with Crippen LogP contribution in [0.5, 0.6) is 28.9 Å². The fourth-order valence-electron chi connectivity index (χ4n) is 3.30. The summed E-state index contributed by atoms with van der Waals surface area (Å²) in [5.41, 5.74) is 2.61. The van der Waals surface area contributed by atoms with Gasteiger partial charge < -0.3 is 23.9 Å². The van der Waals surface area contributed by atoms with Gasteiger partial charge in [-0.15, -0.1) is 0 Å². The lowest BCUT2D eigenvalue weighted by molar-refractivity contribution is 0.315. The van der Waals surface area contributed by atoms with Gasteiger partial charge in [0, 0.05) is 12.0 Å². The highest BCUT2D eigenvalue weighted by atomic mass is 32.1. The number of H-pyrrole nitrogens is 1. The van der Waals surface area contributed by atoms with E-state index >= 15 is 0 Å². The van der Waals surface area contributed by atoms with Gasteiger partial charge in [-0.05, 0) is 25.1 Å². The molecule has 1 aliphatic heterocycles. The number of hydrogen-bond acceptors (Lipinski definition) is 6. The predicted octanol–water partition coefficient (Wildman–Crippen LogP) is 4.92. The molecule has 0 atom stereocenters. The Kier molecular flexibility index (Phi) is 4.92. The number of nitrogens with one attached hydrogen (secondary N) is 1. The number of fused-ring (bicyclic) bond motifs is 2. The summed E-state index contributed by atoms with van der Waals surface area (Å²) in [4.78, 5) is 7.85. The third-order valence-corrected chi connectivity index (χ3v) is 4.90. The van der Waals surface area contributed by atoms with Crippen molar-refractivity contribution in [3.8, 4) is 40.3 Å². The Morgan fingerprint density at radius 1 is 1.11 bits per heavy atom. The van der Waals surface area contributed by atoms with Gasteiger partial charge in [-0.25, -0.2) is 4.98 Å². The molecule has 6 nitrogen and oxygen atoms in total. The zero-order valence-electron chi connectivity index (χ0n) is 15.9. The SMILES string of the molecule is CCOc1cccc2c1Oc1[nH]c(-c3cccc(OC)c3OC)nc(=S)c1C2. The van der Waals surface area contributed by atoms with E-state index in [1.807, 2.05) is 43.3 Å². The highest BCUT2D eigenvalue weighted by Gasteiger charge is 2.24. The van der Waals surface area contributed by atoms with Crippen LogP contribution in [0.25, 0.3) is 11.4 Å². The molecule has 4 rings (SSSR count). The number of benzene rings is 2. The van der Waals surface area contributed by atoms with E-state index in [-0.39, 0.29) is 0 Å². The molecule has 28 heavy (non-hydrogen) atoms. The molecule has 144 valence electrons. The Labute approximate surface area is 168 Å². The standard InChI is InChI=1S/C21H20N2O4S/c1-4-26-16-10-5-7-12-11-14-20(27-17(12)16)22-19(23-21(14)28)13-8-6-9-15(24-2)18(13)25-3/h5-10H,4,11H2,1-3H3,(H,22,23,28). The third kappa shape index (κ3) is 3.07. The summed E-state index contributed by atoms with van der Waals surface area (Å²) < 4.78 is 23.3. The minimum atomic E-state index is 0.487. The second-order valence-corrected chi connectivity index (χ2v) is 6.58. The van der Waals surface area contributed by atoms with Gasteiger partial charge in [0.2, 0.25) is 5.88 Å². The minimum absolute atomic E-state index is 0.487. The Morgan fingerprint density at radius 3 is 2.64 bits per heavy atom. The first-order valence-corrected chi connectivity index (χ1v) is 9.34. The molecular formula is C21H20N2O4S. The summed E-state index contributed by atoms with van der Waals surface area (Å²) >= 11 is 5.57. The Bertz CT molecular complexity index is 1090. The van der Waals surface area contributed by atoms with Gasteiger partial charge in [0.25, 0.3) is 0 Å². The molecule has 0 bridgehead atoms. The molecule has 0 unspecified atom stereocenters. The van der Waals surface area contributed by atoms with Crippen LogP contribution in [0.4, 0.5) is 0 Å². The number of para-hydroxylation sites is 2. The molecule has 1 N–H and O–H groups in total. The Hall–Kier alpha value is -3.06. The van der Waals surface area contributed by atoms with Gasteiger partial charge in [0.15, 0.2) is 23.0 Å². The maximum atomic E-state index is 6.17. The van der Waals surface area contributed by atoms with Crippen LogP contribution in [-0.2, 0) is 6.42 Å². The molecule has 0 saturated heterocycles. The smallest absolute Gasteiger partial charge is 0.205 e. The van der Waals surface area contributed by atoms with Crippen LogP contribution in [0.15, 0.2) is 36.4 Å². The van der Waals surface area contributed by atoms with E-state index < -0.39 is 0 Å². The van der Waals surface area contributed by atoms with Crippen molar-refractivity contribution in [3.05, 3.63) is 52.2 Å². The average Bonchev–Trinajstić information content (AvgIpc) is 2.72. The maximum absolute atomic E-state index is 6.17. The number of aromatic nitrogens is 2. The number of nitrogens with zero attached hydrogens (tertiary/aromatic N) is 1. The lowest BCUT2D eigenvalue weighted by Gasteiger charge is -2.22. The normalized spacial score (nSPS) is 11.8. The first-order valence-electron chi connectivity index (χ1n) is 8.93. The maximum Gasteiger partial charge on any atom is 0.205 e. The van der Waals surface area contributed by atoms with E-state index in [1.165, 1.54) is 0 Å². The van der Waals surface area contributed by atoms with Gasteiger partial charge in [-0.1, -0.05) is 30.4 Å². The molecular weight excluding hydrogens is 376 g/mol. The van der Waals surface area contributed by atoms with Crippen molar-refractivity contribution in [2.75, 3.05) is 20.8 Å². The van der Waals surface area contributed by atoms with Crippen molar-refractivity contribution < 1.29 is 18.9 Å². The second-order valence-electron chi connectivity index (χ2n) is 6.20. The topological polar surface area (TPSA) is 65.6 Å². The van der Waals surface area contributed by atoms with Crippen LogP contribution in [0, 0.1) is 4.64 Å². The van der Waals surface area contributed by atoms with E-state index in [0.717, 1.165) is 16.7 Å². The minimum Gasteiger partial charge on any atom is -0.493 e. The molecule has 3 aromatic rings. The molecule has 7 heteroatoms. The van der Waals surface area contributed by atoms with E-state index in [2.05, 4.69) is 9.97 Å². The van der Waals surface area contributed by atoms with Gasteiger partial charge in [0.05, 0.1) is 32.0 Å². The fraction of sp³-hybridized carbons (Fsp3) is 0.238. The van der Waals surface area contributed by atoms with Crippen LogP contribution in [0.2, 0.25) is 0 Å². The fourth-order valence-corrected chi connectivity index (χ4v) is 3.56. The second kappa shape index (κ2) is 7.52. The molecule has 1 aliphatic rings.